The summed E-state index contributed by atoms with van der Waals surface area (Å²) in [4.78, 5) is 11.8. The van der Waals surface area contributed by atoms with E-state index in [0.717, 1.165) is 29.7 Å². The molecule has 110 valence electrons. The largest absolute Gasteiger partial charge is 0.315 e. The number of fused-ring (bicyclic) bond motifs is 1. The van der Waals surface area contributed by atoms with Crippen molar-refractivity contribution in [3.05, 3.63) is 35.5 Å². The van der Waals surface area contributed by atoms with Gasteiger partial charge in [0.1, 0.15) is 5.01 Å². The molecule has 2 fully saturated rings. The molecule has 2 unspecified atom stereocenters. The maximum absolute atomic E-state index is 4.78. The molecule has 0 saturated carbocycles. The molecule has 0 aliphatic carbocycles. The average molecular weight is 300 g/mol. The molecule has 4 heterocycles. The number of likely N-dealkylation sites (tertiary alicyclic amines) is 1. The molecule has 4 nitrogen and oxygen atoms in total. The number of nitrogens with one attached hydrogen (secondary N) is 1. The normalized spacial score (nSPS) is 25.9. The first-order chi connectivity index (χ1) is 10.4. The molecule has 2 saturated heterocycles. The van der Waals surface area contributed by atoms with Gasteiger partial charge in [-0.25, -0.2) is 4.98 Å². The molecule has 2 aliphatic rings. The van der Waals surface area contributed by atoms with E-state index in [-0.39, 0.29) is 0 Å². The Morgan fingerprint density at radius 1 is 1.33 bits per heavy atom. The summed E-state index contributed by atoms with van der Waals surface area (Å²) in [6.07, 6.45) is 4.53. The first-order valence-corrected chi connectivity index (χ1v) is 8.59. The second-order valence-electron chi connectivity index (χ2n) is 5.96. The monoisotopic (exact) mass is 300 g/mol. The Labute approximate surface area is 129 Å². The van der Waals surface area contributed by atoms with E-state index >= 15 is 0 Å². The molecule has 2 atom stereocenters. The molecular weight excluding hydrogens is 280 g/mol. The van der Waals surface area contributed by atoms with Gasteiger partial charge in [0.2, 0.25) is 0 Å². The van der Waals surface area contributed by atoms with E-state index in [4.69, 9.17) is 4.98 Å². The maximum atomic E-state index is 4.78. The number of rotatable bonds is 3. The highest BCUT2D eigenvalue weighted by atomic mass is 32.1. The Morgan fingerprint density at radius 3 is 3.24 bits per heavy atom. The van der Waals surface area contributed by atoms with Gasteiger partial charge in [0, 0.05) is 30.7 Å². The molecule has 21 heavy (non-hydrogen) atoms. The Hall–Kier alpha value is -1.30. The number of pyridine rings is 1. The number of hydrogen-bond acceptors (Lipinski definition) is 5. The fourth-order valence-electron chi connectivity index (χ4n) is 3.55. The maximum Gasteiger partial charge on any atom is 0.142 e. The van der Waals surface area contributed by atoms with Gasteiger partial charge in [0.25, 0.3) is 0 Å². The lowest BCUT2D eigenvalue weighted by molar-refractivity contribution is 0.116. The fourth-order valence-corrected chi connectivity index (χ4v) is 4.34. The Kier molecular flexibility index (Phi) is 3.71. The summed E-state index contributed by atoms with van der Waals surface area (Å²) in [5.74, 6) is 0.840. The second kappa shape index (κ2) is 5.83. The van der Waals surface area contributed by atoms with Crippen molar-refractivity contribution in [1.82, 2.24) is 20.2 Å². The van der Waals surface area contributed by atoms with Crippen LogP contribution in [-0.2, 0) is 6.54 Å². The van der Waals surface area contributed by atoms with Crippen LogP contribution in [0.25, 0.3) is 10.7 Å². The Morgan fingerprint density at radius 2 is 2.33 bits per heavy atom. The highest BCUT2D eigenvalue weighted by Crippen LogP contribution is 2.29. The van der Waals surface area contributed by atoms with Gasteiger partial charge in [-0.3, -0.25) is 9.88 Å². The van der Waals surface area contributed by atoms with Crippen LogP contribution in [0.5, 0.6) is 0 Å². The number of nitrogens with zero attached hydrogens (tertiary/aromatic N) is 3. The first-order valence-electron chi connectivity index (χ1n) is 7.71. The van der Waals surface area contributed by atoms with Crippen molar-refractivity contribution in [2.75, 3.05) is 19.6 Å². The molecule has 0 spiro atoms. The van der Waals surface area contributed by atoms with Gasteiger partial charge < -0.3 is 5.32 Å². The molecule has 2 aromatic heterocycles. The summed E-state index contributed by atoms with van der Waals surface area (Å²) in [5.41, 5.74) is 2.17. The lowest BCUT2D eigenvalue weighted by Gasteiger charge is -2.36. The van der Waals surface area contributed by atoms with Gasteiger partial charge in [-0.15, -0.1) is 11.3 Å². The van der Waals surface area contributed by atoms with Crippen LogP contribution in [0.4, 0.5) is 0 Å². The number of thiazole rings is 1. The van der Waals surface area contributed by atoms with E-state index < -0.39 is 0 Å². The minimum absolute atomic E-state index is 0.707. The molecule has 0 bridgehead atoms. The number of aromatic nitrogens is 2. The highest BCUT2D eigenvalue weighted by molar-refractivity contribution is 7.13. The van der Waals surface area contributed by atoms with Crippen LogP contribution in [0, 0.1) is 5.92 Å². The zero-order valence-corrected chi connectivity index (χ0v) is 12.9. The minimum Gasteiger partial charge on any atom is -0.315 e. The first kappa shape index (κ1) is 13.4. The molecule has 5 heteroatoms. The third-order valence-electron chi connectivity index (χ3n) is 4.59. The Bertz CT molecular complexity index is 597. The van der Waals surface area contributed by atoms with Gasteiger partial charge in [-0.1, -0.05) is 6.07 Å². The predicted molar refractivity (Wildman–Crippen MR) is 85.1 cm³/mol. The van der Waals surface area contributed by atoms with Crippen molar-refractivity contribution < 1.29 is 0 Å². The van der Waals surface area contributed by atoms with Crippen LogP contribution in [0.2, 0.25) is 0 Å². The van der Waals surface area contributed by atoms with Crippen molar-refractivity contribution in [3.63, 3.8) is 0 Å². The van der Waals surface area contributed by atoms with Gasteiger partial charge >= 0.3 is 0 Å². The van der Waals surface area contributed by atoms with Crippen LogP contribution in [-0.4, -0.2) is 40.5 Å². The molecule has 0 aromatic carbocycles. The van der Waals surface area contributed by atoms with E-state index in [2.05, 4.69) is 20.6 Å². The zero-order valence-electron chi connectivity index (χ0n) is 12.0. The topological polar surface area (TPSA) is 41.1 Å². The van der Waals surface area contributed by atoms with Crippen molar-refractivity contribution in [1.29, 1.82) is 0 Å². The van der Waals surface area contributed by atoms with E-state index in [1.54, 1.807) is 11.3 Å². The zero-order chi connectivity index (χ0) is 14.1. The molecule has 2 aromatic rings. The summed E-state index contributed by atoms with van der Waals surface area (Å²) in [6.45, 7) is 4.52. The van der Waals surface area contributed by atoms with Crippen molar-refractivity contribution in [3.8, 4) is 10.7 Å². The summed E-state index contributed by atoms with van der Waals surface area (Å²) in [7, 11) is 0. The van der Waals surface area contributed by atoms with Crippen LogP contribution in [0.3, 0.4) is 0 Å². The molecule has 0 amide bonds. The van der Waals surface area contributed by atoms with Crippen LogP contribution < -0.4 is 5.32 Å². The molecular formula is C16H20N4S. The molecule has 0 radical (unpaired) electrons. The van der Waals surface area contributed by atoms with E-state index in [1.165, 1.54) is 31.6 Å². The molecule has 4 rings (SSSR count). The van der Waals surface area contributed by atoms with Gasteiger partial charge in [0.15, 0.2) is 0 Å². The average Bonchev–Trinajstić information content (AvgIpc) is 3.17. The van der Waals surface area contributed by atoms with E-state index in [9.17, 15) is 0 Å². The van der Waals surface area contributed by atoms with Crippen molar-refractivity contribution in [2.45, 2.75) is 25.4 Å². The summed E-state index contributed by atoms with van der Waals surface area (Å²) in [6, 6.07) is 6.70. The number of hydrogen-bond donors (Lipinski definition) is 1. The van der Waals surface area contributed by atoms with Crippen molar-refractivity contribution >= 4 is 11.3 Å². The van der Waals surface area contributed by atoms with E-state index in [0.29, 0.717) is 6.04 Å². The van der Waals surface area contributed by atoms with Gasteiger partial charge in [-0.05, 0) is 44.0 Å². The lowest BCUT2D eigenvalue weighted by Crippen LogP contribution is -2.44. The fraction of sp³-hybridized carbons (Fsp3) is 0.500. The SMILES string of the molecule is c1ccc(-c2nc(CN3CCCC4CNCC43)cs2)nc1. The van der Waals surface area contributed by atoms with E-state index in [1.807, 2.05) is 24.4 Å². The lowest BCUT2D eigenvalue weighted by atomic mass is 9.92. The van der Waals surface area contributed by atoms with Crippen molar-refractivity contribution in [2.24, 2.45) is 5.92 Å². The third kappa shape index (κ3) is 2.73. The molecule has 2 aliphatic heterocycles. The quantitative estimate of drug-likeness (QED) is 0.945. The predicted octanol–water partition coefficient (Wildman–Crippen LogP) is 2.39. The van der Waals surface area contributed by atoms with Gasteiger partial charge in [-0.2, -0.15) is 0 Å². The van der Waals surface area contributed by atoms with Crippen LogP contribution in [0.1, 0.15) is 18.5 Å². The smallest absolute Gasteiger partial charge is 0.142 e. The summed E-state index contributed by atoms with van der Waals surface area (Å²) < 4.78 is 0. The van der Waals surface area contributed by atoms with Crippen LogP contribution >= 0.6 is 11.3 Å². The minimum atomic E-state index is 0.707. The summed E-state index contributed by atoms with van der Waals surface area (Å²) >= 11 is 1.70. The van der Waals surface area contributed by atoms with Gasteiger partial charge in [0.05, 0.1) is 11.4 Å². The summed E-state index contributed by atoms with van der Waals surface area (Å²) in [5, 5.41) is 6.76. The third-order valence-corrected chi connectivity index (χ3v) is 5.51. The number of piperidine rings is 1. The standard InChI is InChI=1S/C16H20N4S/c1-2-6-18-14(5-1)16-19-13(11-21-16)10-20-7-3-4-12-8-17-9-15(12)20/h1-2,5-6,11-12,15,17H,3-4,7-10H2. The molecule has 1 N–H and O–H groups in total. The highest BCUT2D eigenvalue weighted by Gasteiger charge is 2.34. The van der Waals surface area contributed by atoms with Crippen LogP contribution in [0.15, 0.2) is 29.8 Å². The second-order valence-corrected chi connectivity index (χ2v) is 6.82. The Balaban J connectivity index is 1.49.